The molecule has 1 atom stereocenters. The minimum absolute atomic E-state index is 0.346. The molecule has 0 bridgehead atoms. The molecule has 0 aliphatic carbocycles. The average molecular weight is 447 g/mol. The molecular formula is C23H30N2O5S. The third-order valence-electron chi connectivity index (χ3n) is 5.38. The average Bonchev–Trinajstić information content (AvgIpc) is 2.76. The van der Waals surface area contributed by atoms with Gasteiger partial charge in [0.15, 0.2) is 11.5 Å². The lowest BCUT2D eigenvalue weighted by Crippen LogP contribution is -2.47. The summed E-state index contributed by atoms with van der Waals surface area (Å²) < 4.78 is 37.4. The van der Waals surface area contributed by atoms with E-state index >= 15 is 0 Å². The van der Waals surface area contributed by atoms with E-state index in [-0.39, 0.29) is 5.91 Å². The summed E-state index contributed by atoms with van der Waals surface area (Å²) in [5.41, 5.74) is 3.77. The predicted octanol–water partition coefficient (Wildman–Crippen LogP) is 3.05. The lowest BCUT2D eigenvalue weighted by Gasteiger charge is -2.29. The summed E-state index contributed by atoms with van der Waals surface area (Å²) in [5.74, 6) is 0.654. The molecule has 1 heterocycles. The van der Waals surface area contributed by atoms with Crippen molar-refractivity contribution in [2.75, 3.05) is 23.8 Å². The number of carbonyl (C=O) groups is 1. The van der Waals surface area contributed by atoms with Gasteiger partial charge in [0, 0.05) is 12.6 Å². The van der Waals surface area contributed by atoms with Gasteiger partial charge in [-0.2, -0.15) is 0 Å². The van der Waals surface area contributed by atoms with Crippen molar-refractivity contribution in [3.05, 3.63) is 53.1 Å². The topological polar surface area (TPSA) is 84.9 Å². The van der Waals surface area contributed by atoms with Gasteiger partial charge in [0.2, 0.25) is 15.9 Å². The second-order valence-corrected chi connectivity index (χ2v) is 9.45. The molecular weight excluding hydrogens is 416 g/mol. The molecule has 168 valence electrons. The number of carbonyl (C=O) groups excluding carboxylic acids is 1. The van der Waals surface area contributed by atoms with E-state index in [0.717, 1.165) is 34.5 Å². The van der Waals surface area contributed by atoms with E-state index in [1.807, 2.05) is 0 Å². The molecule has 1 N–H and O–H groups in total. The number of nitrogens with zero attached hydrogens (tertiary/aromatic N) is 1. The van der Waals surface area contributed by atoms with Crippen LogP contribution < -0.4 is 19.1 Å². The number of anilines is 1. The molecule has 0 aromatic heterocycles. The normalized spacial score (nSPS) is 14.1. The molecule has 0 saturated heterocycles. The second-order valence-electron chi connectivity index (χ2n) is 7.59. The molecule has 8 heteroatoms. The van der Waals surface area contributed by atoms with Gasteiger partial charge in [0.1, 0.15) is 19.3 Å². The predicted molar refractivity (Wildman–Crippen MR) is 121 cm³/mol. The molecule has 2 aromatic carbocycles. The van der Waals surface area contributed by atoms with Crippen molar-refractivity contribution in [3.63, 3.8) is 0 Å². The fourth-order valence-corrected chi connectivity index (χ4v) is 4.88. The van der Waals surface area contributed by atoms with Crippen molar-refractivity contribution in [3.8, 4) is 11.5 Å². The molecule has 0 fully saturated rings. The minimum Gasteiger partial charge on any atom is -0.486 e. The highest BCUT2D eigenvalue weighted by molar-refractivity contribution is 7.92. The van der Waals surface area contributed by atoms with Crippen molar-refractivity contribution in [1.29, 1.82) is 0 Å². The van der Waals surface area contributed by atoms with Gasteiger partial charge in [0.25, 0.3) is 0 Å². The number of sulfonamides is 1. The van der Waals surface area contributed by atoms with Gasteiger partial charge in [-0.3, -0.25) is 9.10 Å². The van der Waals surface area contributed by atoms with Gasteiger partial charge in [-0.25, -0.2) is 8.42 Å². The second kappa shape index (κ2) is 9.60. The van der Waals surface area contributed by atoms with E-state index in [2.05, 4.69) is 37.4 Å². The van der Waals surface area contributed by atoms with Crippen LogP contribution in [0.2, 0.25) is 0 Å². The first kappa shape index (κ1) is 22.9. The minimum atomic E-state index is -3.72. The van der Waals surface area contributed by atoms with Crippen LogP contribution in [0.5, 0.6) is 11.5 Å². The van der Waals surface area contributed by atoms with Gasteiger partial charge in [-0.15, -0.1) is 0 Å². The maximum atomic E-state index is 12.9. The molecule has 1 aliphatic heterocycles. The van der Waals surface area contributed by atoms with E-state index in [1.165, 1.54) is 5.56 Å². The number of nitrogens with one attached hydrogen (secondary N) is 1. The van der Waals surface area contributed by atoms with Crippen LogP contribution in [-0.4, -0.2) is 39.8 Å². The van der Waals surface area contributed by atoms with E-state index in [4.69, 9.17) is 9.47 Å². The zero-order valence-corrected chi connectivity index (χ0v) is 19.3. The van der Waals surface area contributed by atoms with Gasteiger partial charge in [-0.05, 0) is 48.6 Å². The Morgan fingerprint density at radius 2 is 1.74 bits per heavy atom. The summed E-state index contributed by atoms with van der Waals surface area (Å²) >= 11 is 0. The van der Waals surface area contributed by atoms with E-state index in [1.54, 1.807) is 25.1 Å². The smallest absolute Gasteiger partial charge is 0.243 e. The summed E-state index contributed by atoms with van der Waals surface area (Å²) in [4.78, 5) is 12.9. The summed E-state index contributed by atoms with van der Waals surface area (Å²) in [6, 6.07) is 10.2. The Balaban J connectivity index is 1.81. The number of fused-ring (bicyclic) bond motifs is 1. The van der Waals surface area contributed by atoms with Gasteiger partial charge in [0.05, 0.1) is 11.9 Å². The molecule has 31 heavy (non-hydrogen) atoms. The molecule has 2 aromatic rings. The van der Waals surface area contributed by atoms with E-state index in [0.29, 0.717) is 36.9 Å². The number of amides is 1. The molecule has 0 saturated carbocycles. The quantitative estimate of drug-likeness (QED) is 0.674. The number of hydrogen-bond donors (Lipinski definition) is 1. The lowest BCUT2D eigenvalue weighted by molar-refractivity contribution is -0.122. The Bertz CT molecular complexity index is 1050. The molecule has 0 radical (unpaired) electrons. The number of aryl methyl sites for hydroxylation is 2. The molecule has 7 nitrogen and oxygen atoms in total. The number of hydrogen-bond acceptors (Lipinski definition) is 5. The molecule has 0 unspecified atom stereocenters. The first-order valence-electron chi connectivity index (χ1n) is 10.5. The lowest BCUT2D eigenvalue weighted by atomic mass is 10.0. The van der Waals surface area contributed by atoms with Crippen molar-refractivity contribution in [2.24, 2.45) is 0 Å². The summed E-state index contributed by atoms with van der Waals surface area (Å²) in [6.07, 6.45) is 2.86. The highest BCUT2D eigenvalue weighted by Gasteiger charge is 2.30. The monoisotopic (exact) mass is 446 g/mol. The largest absolute Gasteiger partial charge is 0.486 e. The van der Waals surface area contributed by atoms with Crippen LogP contribution in [0.15, 0.2) is 36.4 Å². The first-order chi connectivity index (χ1) is 14.7. The van der Waals surface area contributed by atoms with Crippen LogP contribution in [0, 0.1) is 0 Å². The van der Waals surface area contributed by atoms with E-state index < -0.39 is 16.1 Å². The Hall–Kier alpha value is -2.74. The van der Waals surface area contributed by atoms with Crippen molar-refractivity contribution >= 4 is 21.6 Å². The fraction of sp³-hybridized carbons (Fsp3) is 0.435. The Morgan fingerprint density at radius 3 is 2.39 bits per heavy atom. The van der Waals surface area contributed by atoms with Crippen LogP contribution in [0.3, 0.4) is 0 Å². The first-order valence-corrected chi connectivity index (χ1v) is 12.4. The third kappa shape index (κ3) is 5.31. The van der Waals surface area contributed by atoms with Crippen LogP contribution >= 0.6 is 0 Å². The van der Waals surface area contributed by atoms with Crippen LogP contribution in [0.25, 0.3) is 0 Å². The SMILES string of the molecule is CCc1ccc(CC)c(CNC(=O)[C@@H](C)N(c2ccc3c(c2)OCCO3)S(C)(=O)=O)c1. The maximum Gasteiger partial charge on any atom is 0.243 e. The van der Waals surface area contributed by atoms with Crippen molar-refractivity contribution in [1.82, 2.24) is 5.32 Å². The van der Waals surface area contributed by atoms with E-state index in [9.17, 15) is 13.2 Å². The summed E-state index contributed by atoms with van der Waals surface area (Å²) in [5, 5.41) is 2.91. The summed E-state index contributed by atoms with van der Waals surface area (Å²) in [6.45, 7) is 6.92. The molecule has 1 aliphatic rings. The van der Waals surface area contributed by atoms with Gasteiger partial charge < -0.3 is 14.8 Å². The Kier molecular flexibility index (Phi) is 7.10. The molecule has 1 amide bonds. The maximum absolute atomic E-state index is 12.9. The van der Waals surface area contributed by atoms with Gasteiger partial charge >= 0.3 is 0 Å². The molecule has 0 spiro atoms. The van der Waals surface area contributed by atoms with Gasteiger partial charge in [-0.1, -0.05) is 32.0 Å². The third-order valence-corrected chi connectivity index (χ3v) is 6.62. The Morgan fingerprint density at radius 1 is 1.03 bits per heavy atom. The fourth-order valence-electron chi connectivity index (χ4n) is 3.72. The van der Waals surface area contributed by atoms with Crippen LogP contribution in [0.1, 0.15) is 37.5 Å². The zero-order valence-electron chi connectivity index (χ0n) is 18.5. The Labute approximate surface area is 184 Å². The van der Waals surface area contributed by atoms with Crippen LogP contribution in [0.4, 0.5) is 5.69 Å². The van der Waals surface area contributed by atoms with Crippen LogP contribution in [-0.2, 0) is 34.2 Å². The van der Waals surface area contributed by atoms with Crippen molar-refractivity contribution in [2.45, 2.75) is 46.2 Å². The standard InChI is InChI=1S/C23H30N2O5S/c1-5-17-7-8-18(6-2)19(13-17)15-24-23(26)16(3)25(31(4,27)28)20-9-10-21-22(14-20)30-12-11-29-21/h7-10,13-14,16H,5-6,11-12,15H2,1-4H3,(H,24,26)/t16-/m1/s1. The van der Waals surface area contributed by atoms with Crippen molar-refractivity contribution < 1.29 is 22.7 Å². The highest BCUT2D eigenvalue weighted by Crippen LogP contribution is 2.35. The summed E-state index contributed by atoms with van der Waals surface area (Å²) in [7, 11) is -3.72. The molecule has 3 rings (SSSR count). The number of ether oxygens (including phenoxy) is 2. The highest BCUT2D eigenvalue weighted by atomic mass is 32.2. The number of benzene rings is 2. The number of rotatable bonds is 8. The zero-order chi connectivity index (χ0) is 22.6.